The summed E-state index contributed by atoms with van der Waals surface area (Å²) >= 11 is 5.61. The van der Waals surface area contributed by atoms with Crippen molar-refractivity contribution in [3.63, 3.8) is 0 Å². The molecule has 0 saturated heterocycles. The Morgan fingerprint density at radius 1 is 1.40 bits per heavy atom. The molecule has 4 heteroatoms. The van der Waals surface area contributed by atoms with Crippen LogP contribution in [0.25, 0.3) is 0 Å². The number of rotatable bonds is 4. The second kappa shape index (κ2) is 4.99. The third-order valence-corrected chi connectivity index (χ3v) is 4.62. The minimum atomic E-state index is -3.18. The predicted octanol–water partition coefficient (Wildman–Crippen LogP) is 2.64. The first-order valence-electron chi connectivity index (χ1n) is 4.81. The van der Waals surface area contributed by atoms with E-state index in [4.69, 9.17) is 11.6 Å². The van der Waals surface area contributed by atoms with E-state index in [9.17, 15) is 8.42 Å². The van der Waals surface area contributed by atoms with E-state index < -0.39 is 9.84 Å². The lowest BCUT2D eigenvalue weighted by Gasteiger charge is -2.09. The summed E-state index contributed by atoms with van der Waals surface area (Å²) in [4.78, 5) is 0.388. The Morgan fingerprint density at radius 2 is 2.07 bits per heavy atom. The minimum absolute atomic E-state index is 0.0165. The van der Waals surface area contributed by atoms with Gasteiger partial charge in [0.2, 0.25) is 0 Å². The van der Waals surface area contributed by atoms with E-state index in [1.807, 2.05) is 19.9 Å². The molecule has 0 aliphatic heterocycles. The maximum Gasteiger partial charge on any atom is 0.178 e. The van der Waals surface area contributed by atoms with Crippen LogP contribution in [-0.2, 0) is 9.84 Å². The largest absolute Gasteiger partial charge is 0.224 e. The molecule has 0 amide bonds. The van der Waals surface area contributed by atoms with Crippen LogP contribution in [0.1, 0.15) is 12.5 Å². The van der Waals surface area contributed by atoms with Crippen molar-refractivity contribution in [2.24, 2.45) is 5.92 Å². The highest BCUT2D eigenvalue weighted by Crippen LogP contribution is 2.16. The highest BCUT2D eigenvalue weighted by Gasteiger charge is 2.17. The van der Waals surface area contributed by atoms with Crippen molar-refractivity contribution in [1.29, 1.82) is 0 Å². The van der Waals surface area contributed by atoms with Gasteiger partial charge in [0.25, 0.3) is 0 Å². The van der Waals surface area contributed by atoms with Crippen LogP contribution in [0.2, 0.25) is 0 Å². The molecule has 0 fully saturated rings. The summed E-state index contributed by atoms with van der Waals surface area (Å²) in [5.41, 5.74) is 0.953. The minimum Gasteiger partial charge on any atom is -0.224 e. The van der Waals surface area contributed by atoms with E-state index in [2.05, 4.69) is 0 Å². The second-order valence-electron chi connectivity index (χ2n) is 3.86. The molecular weight excluding hydrogens is 232 g/mol. The third kappa shape index (κ3) is 3.50. The summed E-state index contributed by atoms with van der Waals surface area (Å²) in [5.74, 6) is 0.461. The molecule has 84 valence electrons. The normalized spacial score (nSPS) is 13.8. The van der Waals surface area contributed by atoms with Crippen LogP contribution < -0.4 is 0 Å². The van der Waals surface area contributed by atoms with Gasteiger partial charge in [-0.2, -0.15) is 0 Å². The average molecular weight is 247 g/mol. The van der Waals surface area contributed by atoms with Gasteiger partial charge in [-0.25, -0.2) is 8.42 Å². The molecule has 15 heavy (non-hydrogen) atoms. The van der Waals surface area contributed by atoms with Crippen LogP contribution in [0.5, 0.6) is 0 Å². The van der Waals surface area contributed by atoms with Crippen molar-refractivity contribution in [1.82, 2.24) is 0 Å². The second-order valence-corrected chi connectivity index (χ2v) is 6.20. The van der Waals surface area contributed by atoms with E-state index in [1.165, 1.54) is 0 Å². The maximum absolute atomic E-state index is 11.9. The molecule has 1 atom stereocenters. The van der Waals surface area contributed by atoms with Crippen molar-refractivity contribution >= 4 is 21.4 Å². The molecule has 2 nitrogen and oxygen atoms in total. The zero-order chi connectivity index (χ0) is 11.5. The molecule has 1 unspecified atom stereocenters. The molecular formula is C11H15ClO2S. The summed E-state index contributed by atoms with van der Waals surface area (Å²) in [6, 6.07) is 6.96. The zero-order valence-corrected chi connectivity index (χ0v) is 10.5. The molecule has 0 saturated carbocycles. The van der Waals surface area contributed by atoms with Crippen LogP contribution in [0.4, 0.5) is 0 Å². The summed E-state index contributed by atoms with van der Waals surface area (Å²) in [6.07, 6.45) is 0. The van der Waals surface area contributed by atoms with E-state index in [1.54, 1.807) is 18.2 Å². The van der Waals surface area contributed by atoms with E-state index in [-0.39, 0.29) is 11.7 Å². The summed E-state index contributed by atoms with van der Waals surface area (Å²) < 4.78 is 23.8. The van der Waals surface area contributed by atoms with E-state index in [0.29, 0.717) is 10.8 Å². The monoisotopic (exact) mass is 246 g/mol. The van der Waals surface area contributed by atoms with Gasteiger partial charge >= 0.3 is 0 Å². The van der Waals surface area contributed by atoms with Gasteiger partial charge in [0.15, 0.2) is 9.84 Å². The first-order valence-corrected chi connectivity index (χ1v) is 7.00. The molecule has 0 N–H and O–H groups in total. The molecule has 0 heterocycles. The molecule has 1 aromatic carbocycles. The maximum atomic E-state index is 11.9. The van der Waals surface area contributed by atoms with Gasteiger partial charge in [-0.1, -0.05) is 19.1 Å². The Bertz CT molecular complexity index is 426. The van der Waals surface area contributed by atoms with E-state index >= 15 is 0 Å². The standard InChI is InChI=1S/C11H15ClO2S/c1-9-4-3-5-11(6-9)15(13,14)8-10(2)7-12/h3-6,10H,7-8H2,1-2H3. The fourth-order valence-electron chi connectivity index (χ4n) is 1.32. The fraction of sp³-hybridized carbons (Fsp3) is 0.455. The van der Waals surface area contributed by atoms with Crippen LogP contribution in [0.3, 0.4) is 0 Å². The number of hydrogen-bond donors (Lipinski definition) is 0. The smallest absolute Gasteiger partial charge is 0.178 e. The van der Waals surface area contributed by atoms with Crippen LogP contribution in [0.15, 0.2) is 29.2 Å². The SMILES string of the molecule is Cc1cccc(S(=O)(=O)CC(C)CCl)c1. The molecule has 0 aliphatic rings. The van der Waals surface area contributed by atoms with E-state index in [0.717, 1.165) is 5.56 Å². The van der Waals surface area contributed by atoms with Gasteiger partial charge in [-0.3, -0.25) is 0 Å². The van der Waals surface area contributed by atoms with Gasteiger partial charge in [-0.15, -0.1) is 11.6 Å². The lowest BCUT2D eigenvalue weighted by Crippen LogP contribution is -2.15. The summed E-state index contributed by atoms with van der Waals surface area (Å²) in [6.45, 7) is 3.71. The van der Waals surface area contributed by atoms with Crippen LogP contribution in [0, 0.1) is 12.8 Å². The van der Waals surface area contributed by atoms with Crippen molar-refractivity contribution in [3.8, 4) is 0 Å². The number of alkyl halides is 1. The van der Waals surface area contributed by atoms with Crippen molar-refractivity contribution in [2.75, 3.05) is 11.6 Å². The zero-order valence-electron chi connectivity index (χ0n) is 8.90. The number of benzene rings is 1. The van der Waals surface area contributed by atoms with Gasteiger partial charge in [0.1, 0.15) is 0 Å². The van der Waals surface area contributed by atoms with Crippen LogP contribution >= 0.6 is 11.6 Å². The molecule has 0 radical (unpaired) electrons. The number of hydrogen-bond acceptors (Lipinski definition) is 2. The first kappa shape index (κ1) is 12.5. The predicted molar refractivity (Wildman–Crippen MR) is 63.1 cm³/mol. The Kier molecular flexibility index (Phi) is 4.17. The van der Waals surface area contributed by atoms with Crippen molar-refractivity contribution < 1.29 is 8.42 Å². The summed E-state index contributed by atoms with van der Waals surface area (Å²) in [5, 5.41) is 0. The topological polar surface area (TPSA) is 34.1 Å². The molecule has 0 aromatic heterocycles. The average Bonchev–Trinajstić information content (AvgIpc) is 2.17. The lowest BCUT2D eigenvalue weighted by atomic mass is 10.2. The molecule has 1 aromatic rings. The lowest BCUT2D eigenvalue weighted by molar-refractivity contribution is 0.583. The first-order chi connectivity index (χ1) is 6.95. The molecule has 0 bridgehead atoms. The molecule has 1 rings (SSSR count). The number of halogens is 1. The van der Waals surface area contributed by atoms with Crippen molar-refractivity contribution in [3.05, 3.63) is 29.8 Å². The van der Waals surface area contributed by atoms with Gasteiger partial charge in [-0.05, 0) is 30.5 Å². The quantitative estimate of drug-likeness (QED) is 0.766. The van der Waals surface area contributed by atoms with Gasteiger partial charge in [0.05, 0.1) is 10.6 Å². The highest BCUT2D eigenvalue weighted by atomic mass is 35.5. The Morgan fingerprint density at radius 3 is 2.60 bits per heavy atom. The Labute approximate surface area is 96.2 Å². The molecule has 0 spiro atoms. The van der Waals surface area contributed by atoms with Crippen LogP contribution in [-0.4, -0.2) is 20.1 Å². The Hall–Kier alpha value is -0.540. The highest BCUT2D eigenvalue weighted by molar-refractivity contribution is 7.91. The fourth-order valence-corrected chi connectivity index (χ4v) is 3.27. The Balaban J connectivity index is 2.96. The molecule has 0 aliphatic carbocycles. The number of aryl methyl sites for hydroxylation is 1. The van der Waals surface area contributed by atoms with Gasteiger partial charge < -0.3 is 0 Å². The third-order valence-electron chi connectivity index (χ3n) is 2.12. The van der Waals surface area contributed by atoms with Gasteiger partial charge in [0, 0.05) is 5.88 Å². The summed E-state index contributed by atoms with van der Waals surface area (Å²) in [7, 11) is -3.18. The number of sulfone groups is 1. The van der Waals surface area contributed by atoms with Crippen molar-refractivity contribution in [2.45, 2.75) is 18.7 Å².